The molecular weight excluding hydrogens is 646 g/mol. The van der Waals surface area contributed by atoms with Crippen LogP contribution in [-0.4, -0.2) is 45.2 Å². The third-order valence-electron chi connectivity index (χ3n) is 11.1. The number of carbonyl (C=O) groups excluding carboxylic acids is 2. The lowest BCUT2D eigenvalue weighted by molar-refractivity contribution is -0.0773. The molecule has 2 bridgehead atoms. The van der Waals surface area contributed by atoms with Crippen LogP contribution in [-0.2, 0) is 13.0 Å². The van der Waals surface area contributed by atoms with Gasteiger partial charge in [0.1, 0.15) is 0 Å². The zero-order chi connectivity index (χ0) is 36.2. The number of ketones is 1. The number of aliphatic hydroxyl groups excluding tert-OH is 1. The van der Waals surface area contributed by atoms with Crippen molar-refractivity contribution in [1.29, 1.82) is 0 Å². The highest BCUT2D eigenvalue weighted by molar-refractivity contribution is 6.10. The molecule has 4 unspecified atom stereocenters. The fourth-order valence-corrected chi connectivity index (χ4v) is 8.03. The molecule has 0 spiro atoms. The molecule has 0 heterocycles. The molecule has 4 aromatic carbocycles. The van der Waals surface area contributed by atoms with Crippen LogP contribution in [0.3, 0.4) is 0 Å². The van der Waals surface area contributed by atoms with Crippen LogP contribution in [0.2, 0.25) is 0 Å². The lowest BCUT2D eigenvalue weighted by atomic mass is 9.64. The second kappa shape index (κ2) is 15.3. The molecule has 4 aromatic rings. The van der Waals surface area contributed by atoms with E-state index in [0.29, 0.717) is 61.8 Å². The molecule has 51 heavy (non-hydrogen) atoms. The molecule has 1 saturated carbocycles. The highest BCUT2D eigenvalue weighted by atomic mass is 19.2. The molecule has 6 nitrogen and oxygen atoms in total. The predicted molar refractivity (Wildman–Crippen MR) is 196 cm³/mol. The van der Waals surface area contributed by atoms with Crippen molar-refractivity contribution in [2.24, 2.45) is 5.41 Å². The molecule has 8 heteroatoms. The number of nitrogens with one attached hydrogen (secondary N) is 1. The first-order valence-corrected chi connectivity index (χ1v) is 17.8. The molecule has 4 atom stereocenters. The van der Waals surface area contributed by atoms with Gasteiger partial charge >= 0.3 is 6.03 Å². The largest absolute Gasteiger partial charge is 0.393 e. The summed E-state index contributed by atoms with van der Waals surface area (Å²) in [6.45, 7) is 4.44. The molecule has 7 rings (SSSR count). The van der Waals surface area contributed by atoms with Crippen LogP contribution in [0.15, 0.2) is 109 Å². The van der Waals surface area contributed by atoms with Crippen molar-refractivity contribution in [3.05, 3.63) is 148 Å². The Labute approximate surface area is 298 Å². The van der Waals surface area contributed by atoms with Crippen molar-refractivity contribution in [3.63, 3.8) is 0 Å². The fourth-order valence-electron chi connectivity index (χ4n) is 8.03. The third-order valence-corrected chi connectivity index (χ3v) is 11.1. The molecule has 0 aromatic heterocycles. The maximum Gasteiger partial charge on any atom is 0.322 e. The van der Waals surface area contributed by atoms with E-state index in [-0.39, 0.29) is 30.6 Å². The summed E-state index contributed by atoms with van der Waals surface area (Å²) in [6.07, 6.45) is 5.26. The zero-order valence-corrected chi connectivity index (χ0v) is 29.2. The first kappa shape index (κ1) is 36.1. The Kier molecular flexibility index (Phi) is 10.8. The number of para-hydroxylation sites is 1. The molecule has 3 N–H and O–H groups in total. The van der Waals surface area contributed by atoms with Crippen molar-refractivity contribution in [1.82, 2.24) is 4.90 Å². The number of hydrogen-bond donors (Lipinski definition) is 3. The summed E-state index contributed by atoms with van der Waals surface area (Å²) < 4.78 is 28.3. The highest BCUT2D eigenvalue weighted by Crippen LogP contribution is 2.59. The van der Waals surface area contributed by atoms with Crippen molar-refractivity contribution >= 4 is 17.5 Å². The van der Waals surface area contributed by atoms with Gasteiger partial charge in [-0.15, -0.1) is 0 Å². The predicted octanol–water partition coefficient (Wildman–Crippen LogP) is 8.97. The Hall–Kier alpha value is -4.66. The van der Waals surface area contributed by atoms with E-state index in [2.05, 4.69) is 25.2 Å². The first-order chi connectivity index (χ1) is 24.5. The highest BCUT2D eigenvalue weighted by Gasteiger charge is 2.57. The number of amides is 2. The molecule has 3 aliphatic carbocycles. The number of urea groups is 1. The van der Waals surface area contributed by atoms with Crippen molar-refractivity contribution in [3.8, 4) is 0 Å². The maximum atomic E-state index is 14.4. The van der Waals surface area contributed by atoms with Crippen molar-refractivity contribution in [2.45, 2.75) is 83.0 Å². The molecule has 1 fully saturated rings. The van der Waals surface area contributed by atoms with Gasteiger partial charge in [-0.1, -0.05) is 79.2 Å². The molecule has 0 radical (unpaired) electrons. The van der Waals surface area contributed by atoms with Crippen LogP contribution in [0.4, 0.5) is 19.3 Å². The average Bonchev–Trinajstić information content (AvgIpc) is 3.37. The van der Waals surface area contributed by atoms with Crippen LogP contribution < -0.4 is 5.32 Å². The number of allylic oxidation sites excluding steroid dienone is 2. The summed E-state index contributed by atoms with van der Waals surface area (Å²) in [5.41, 5.74) is 2.41. The number of benzene rings is 4. The van der Waals surface area contributed by atoms with Crippen molar-refractivity contribution < 1.29 is 28.6 Å². The number of hydrogen-bond acceptors (Lipinski definition) is 4. The second-order valence-electron chi connectivity index (χ2n) is 14.5. The summed E-state index contributed by atoms with van der Waals surface area (Å²) in [5.74, 6) is -2.90. The van der Waals surface area contributed by atoms with Crippen LogP contribution in [0.1, 0.15) is 90.9 Å². The molecule has 2 amide bonds. The number of nitrogens with zero attached hydrogens (tertiary/aromatic N) is 1. The number of anilines is 1. The van der Waals surface area contributed by atoms with E-state index in [1.165, 1.54) is 6.07 Å². The minimum absolute atomic E-state index is 0.0223. The molecular formula is C43H46F2N2O4. The summed E-state index contributed by atoms with van der Waals surface area (Å²) in [7, 11) is 0. The van der Waals surface area contributed by atoms with E-state index in [4.69, 9.17) is 0 Å². The maximum absolute atomic E-state index is 14.4. The lowest BCUT2D eigenvalue weighted by Crippen LogP contribution is -2.54. The second-order valence-corrected chi connectivity index (χ2v) is 14.5. The lowest BCUT2D eigenvalue weighted by Gasteiger charge is -2.46. The summed E-state index contributed by atoms with van der Waals surface area (Å²) in [4.78, 5) is 29.8. The van der Waals surface area contributed by atoms with Crippen LogP contribution in [0, 0.1) is 17.0 Å². The standard InChI is InChI=1S/C43H46F2N2O4/c1-29-10-9-22-42(2)37(35-19-16-31(24-34(48)18-15-29)25-36(35)40(49)32-17-20-38(44)39(45)26-32)21-23-43(42,51)28-47(27-30-11-5-3-6-12-30)41(50)46-33-13-7-4-8-14-33/h3-8,10-14,16-17,19-20,25-26,34,37,48,51H,9,15,18,21-24,27-28H2,1-2H3,(H,46,50). The van der Waals surface area contributed by atoms with Gasteiger partial charge in [0.15, 0.2) is 17.4 Å². The number of fused-ring (bicyclic) bond motifs is 8. The number of rotatable bonds is 7. The molecule has 0 aliphatic heterocycles. The van der Waals surface area contributed by atoms with E-state index in [9.17, 15) is 28.6 Å². The van der Waals surface area contributed by atoms with Gasteiger partial charge in [-0.25, -0.2) is 13.6 Å². The van der Waals surface area contributed by atoms with Crippen LogP contribution >= 0.6 is 0 Å². The first-order valence-electron chi connectivity index (χ1n) is 17.8. The average molecular weight is 693 g/mol. The van der Waals surface area contributed by atoms with Gasteiger partial charge < -0.3 is 20.4 Å². The van der Waals surface area contributed by atoms with Crippen LogP contribution in [0.5, 0.6) is 0 Å². The Morgan fingerprint density at radius 3 is 2.35 bits per heavy atom. The Morgan fingerprint density at radius 1 is 0.902 bits per heavy atom. The van der Waals surface area contributed by atoms with E-state index in [1.807, 2.05) is 72.8 Å². The van der Waals surface area contributed by atoms with Crippen LogP contribution in [0.25, 0.3) is 0 Å². The smallest absolute Gasteiger partial charge is 0.322 e. The quantitative estimate of drug-likeness (QED) is 0.133. The Bertz CT molecular complexity index is 1900. The van der Waals surface area contributed by atoms with Gasteiger partial charge in [0.2, 0.25) is 0 Å². The minimum Gasteiger partial charge on any atom is -0.393 e. The number of carbonyl (C=O) groups is 2. The Balaban J connectivity index is 1.42. The molecule has 3 aliphatic rings. The van der Waals surface area contributed by atoms with Gasteiger partial charge in [-0.2, -0.15) is 0 Å². The molecule has 0 saturated heterocycles. The third kappa shape index (κ3) is 7.97. The molecule has 266 valence electrons. The van der Waals surface area contributed by atoms with E-state index in [0.717, 1.165) is 28.8 Å². The SMILES string of the molecule is CC1=CCCC2(C)C(CCC2(O)CN(Cc2ccccc2)C(=O)Nc2ccccc2)c2ccc(cc2C(=O)c2ccc(F)c(F)c2)CC(O)CC1. The summed E-state index contributed by atoms with van der Waals surface area (Å²) >= 11 is 0. The Morgan fingerprint density at radius 2 is 1.63 bits per heavy atom. The number of aliphatic hydroxyl groups is 2. The van der Waals surface area contributed by atoms with Gasteiger partial charge in [-0.3, -0.25) is 4.79 Å². The zero-order valence-electron chi connectivity index (χ0n) is 29.2. The van der Waals surface area contributed by atoms with Crippen molar-refractivity contribution in [2.75, 3.05) is 11.9 Å². The monoisotopic (exact) mass is 692 g/mol. The van der Waals surface area contributed by atoms with Gasteiger partial charge in [-0.05, 0) is 111 Å². The number of halogens is 2. The minimum atomic E-state index is -1.35. The van der Waals surface area contributed by atoms with Gasteiger partial charge in [0.05, 0.1) is 18.2 Å². The van der Waals surface area contributed by atoms with E-state index in [1.54, 1.807) is 11.0 Å². The van der Waals surface area contributed by atoms with Gasteiger partial charge in [0, 0.05) is 28.8 Å². The topological polar surface area (TPSA) is 89.9 Å². The summed E-state index contributed by atoms with van der Waals surface area (Å²) in [5, 5.41) is 26.8. The fraction of sp³-hybridized carbons (Fsp3) is 0.349. The normalized spacial score (nSPS) is 23.5. The van der Waals surface area contributed by atoms with E-state index >= 15 is 0 Å². The van der Waals surface area contributed by atoms with Gasteiger partial charge in [0.25, 0.3) is 0 Å². The van der Waals surface area contributed by atoms with E-state index < -0.39 is 34.5 Å². The summed E-state index contributed by atoms with van der Waals surface area (Å²) in [6, 6.07) is 27.3.